The largest absolute Gasteiger partial charge is 0.329 e. The number of para-hydroxylation sites is 2. The highest BCUT2D eigenvalue weighted by molar-refractivity contribution is 6.31. The minimum absolute atomic E-state index is 0.113. The molecule has 0 aromatic heterocycles. The van der Waals surface area contributed by atoms with Crippen LogP contribution in [0, 0.1) is 6.92 Å². The van der Waals surface area contributed by atoms with Gasteiger partial charge < -0.3 is 16.0 Å². The van der Waals surface area contributed by atoms with Crippen molar-refractivity contribution in [2.24, 2.45) is 0 Å². The summed E-state index contributed by atoms with van der Waals surface area (Å²) >= 11 is 6.02. The Morgan fingerprint density at radius 3 is 2.77 bits per heavy atom. The standard InChI is InChI=1S/C18H17ClN4O3/c1-11-6-7-12(8-13(11)19)21-16(24)9-20-18(26)23-10-17(25)22-14-4-2-3-5-15(14)23/h2-8H,9-10H2,1H3,(H,20,26)(H,21,24)(H,22,25). The highest BCUT2D eigenvalue weighted by Crippen LogP contribution is 2.28. The monoisotopic (exact) mass is 372 g/mol. The van der Waals surface area contributed by atoms with Crippen LogP contribution in [0.15, 0.2) is 42.5 Å². The van der Waals surface area contributed by atoms with Crippen molar-refractivity contribution in [3.8, 4) is 0 Å². The van der Waals surface area contributed by atoms with Crippen molar-refractivity contribution in [2.45, 2.75) is 6.92 Å². The fourth-order valence-electron chi connectivity index (χ4n) is 2.54. The molecule has 2 aromatic carbocycles. The molecule has 3 N–H and O–H groups in total. The number of fused-ring (bicyclic) bond motifs is 1. The fourth-order valence-corrected chi connectivity index (χ4v) is 2.72. The molecule has 0 unspecified atom stereocenters. The molecule has 0 fully saturated rings. The summed E-state index contributed by atoms with van der Waals surface area (Å²) < 4.78 is 0. The van der Waals surface area contributed by atoms with Gasteiger partial charge in [-0.15, -0.1) is 0 Å². The van der Waals surface area contributed by atoms with E-state index in [2.05, 4.69) is 16.0 Å². The summed E-state index contributed by atoms with van der Waals surface area (Å²) in [4.78, 5) is 37.5. The van der Waals surface area contributed by atoms with Crippen LogP contribution >= 0.6 is 11.6 Å². The van der Waals surface area contributed by atoms with Crippen molar-refractivity contribution >= 4 is 46.5 Å². The average Bonchev–Trinajstić information content (AvgIpc) is 2.62. The first-order valence-electron chi connectivity index (χ1n) is 7.94. The zero-order chi connectivity index (χ0) is 18.7. The van der Waals surface area contributed by atoms with E-state index in [1.807, 2.05) is 6.92 Å². The maximum absolute atomic E-state index is 12.4. The Hall–Kier alpha value is -3.06. The van der Waals surface area contributed by atoms with Gasteiger partial charge in [0.25, 0.3) is 0 Å². The number of hydrogen-bond acceptors (Lipinski definition) is 3. The van der Waals surface area contributed by atoms with E-state index in [0.29, 0.717) is 22.1 Å². The zero-order valence-electron chi connectivity index (χ0n) is 14.0. The van der Waals surface area contributed by atoms with Gasteiger partial charge in [0.1, 0.15) is 6.54 Å². The Balaban J connectivity index is 1.61. The molecule has 26 heavy (non-hydrogen) atoms. The minimum atomic E-state index is -0.524. The lowest BCUT2D eigenvalue weighted by atomic mass is 10.2. The minimum Gasteiger partial charge on any atom is -0.329 e. The number of urea groups is 1. The van der Waals surface area contributed by atoms with Crippen LogP contribution in [0.1, 0.15) is 5.56 Å². The molecule has 7 nitrogen and oxygen atoms in total. The molecule has 0 bridgehead atoms. The van der Waals surface area contributed by atoms with Crippen LogP contribution in [0.4, 0.5) is 21.9 Å². The van der Waals surface area contributed by atoms with E-state index in [0.717, 1.165) is 5.56 Å². The topological polar surface area (TPSA) is 90.5 Å². The molecule has 1 aliphatic rings. The first-order chi connectivity index (χ1) is 12.4. The molecule has 0 saturated heterocycles. The number of anilines is 3. The van der Waals surface area contributed by atoms with Gasteiger partial charge in [-0.2, -0.15) is 0 Å². The van der Waals surface area contributed by atoms with E-state index < -0.39 is 11.9 Å². The number of rotatable bonds is 3. The van der Waals surface area contributed by atoms with Crippen molar-refractivity contribution in [3.05, 3.63) is 53.1 Å². The van der Waals surface area contributed by atoms with Gasteiger partial charge in [0.05, 0.1) is 17.9 Å². The molecule has 8 heteroatoms. The maximum Gasteiger partial charge on any atom is 0.322 e. The summed E-state index contributed by atoms with van der Waals surface area (Å²) in [6, 6.07) is 11.6. The van der Waals surface area contributed by atoms with Gasteiger partial charge in [-0.3, -0.25) is 14.5 Å². The Morgan fingerprint density at radius 2 is 2.00 bits per heavy atom. The molecule has 1 heterocycles. The van der Waals surface area contributed by atoms with E-state index in [-0.39, 0.29) is 19.0 Å². The van der Waals surface area contributed by atoms with Gasteiger partial charge in [0.2, 0.25) is 11.8 Å². The number of benzene rings is 2. The molecule has 0 saturated carbocycles. The van der Waals surface area contributed by atoms with E-state index in [4.69, 9.17) is 11.6 Å². The number of carbonyl (C=O) groups excluding carboxylic acids is 3. The third-order valence-electron chi connectivity index (χ3n) is 3.87. The van der Waals surface area contributed by atoms with Crippen molar-refractivity contribution in [2.75, 3.05) is 28.6 Å². The van der Waals surface area contributed by atoms with Crippen molar-refractivity contribution in [1.82, 2.24) is 5.32 Å². The number of carbonyl (C=O) groups is 3. The molecule has 0 aliphatic carbocycles. The molecular weight excluding hydrogens is 356 g/mol. The second-order valence-electron chi connectivity index (χ2n) is 5.82. The highest BCUT2D eigenvalue weighted by atomic mass is 35.5. The Labute approximate surface area is 155 Å². The third kappa shape index (κ3) is 3.94. The molecule has 134 valence electrons. The van der Waals surface area contributed by atoms with Crippen molar-refractivity contribution < 1.29 is 14.4 Å². The maximum atomic E-state index is 12.4. The van der Waals surface area contributed by atoms with Crippen LogP contribution in [0.5, 0.6) is 0 Å². The molecule has 0 radical (unpaired) electrons. The smallest absolute Gasteiger partial charge is 0.322 e. The van der Waals surface area contributed by atoms with Crippen LogP contribution in [0.25, 0.3) is 0 Å². The normalized spacial score (nSPS) is 12.8. The van der Waals surface area contributed by atoms with E-state index in [1.54, 1.807) is 42.5 Å². The summed E-state index contributed by atoms with van der Waals surface area (Å²) in [6.07, 6.45) is 0. The Bertz CT molecular complexity index is 884. The van der Waals surface area contributed by atoms with Crippen molar-refractivity contribution in [3.63, 3.8) is 0 Å². The van der Waals surface area contributed by atoms with Crippen LogP contribution in [-0.2, 0) is 9.59 Å². The quantitative estimate of drug-likeness (QED) is 0.773. The first kappa shape index (κ1) is 17.8. The second-order valence-corrected chi connectivity index (χ2v) is 6.23. The number of halogens is 1. The second kappa shape index (κ2) is 7.45. The number of nitrogens with one attached hydrogen (secondary N) is 3. The van der Waals surface area contributed by atoms with Crippen LogP contribution < -0.4 is 20.9 Å². The summed E-state index contributed by atoms with van der Waals surface area (Å²) in [5.74, 6) is -0.689. The predicted molar refractivity (Wildman–Crippen MR) is 101 cm³/mol. The average molecular weight is 373 g/mol. The van der Waals surface area contributed by atoms with Crippen LogP contribution in [0.2, 0.25) is 5.02 Å². The van der Waals surface area contributed by atoms with E-state index >= 15 is 0 Å². The van der Waals surface area contributed by atoms with Gasteiger partial charge >= 0.3 is 6.03 Å². The molecule has 3 rings (SSSR count). The molecular formula is C18H17ClN4O3. The summed E-state index contributed by atoms with van der Waals surface area (Å²) in [7, 11) is 0. The Kier molecular flexibility index (Phi) is 5.09. The molecule has 0 atom stereocenters. The summed E-state index contributed by atoms with van der Waals surface area (Å²) in [5.41, 5.74) is 2.58. The number of aryl methyl sites for hydroxylation is 1. The lowest BCUT2D eigenvalue weighted by molar-refractivity contribution is -0.115. The number of amides is 4. The van der Waals surface area contributed by atoms with Gasteiger partial charge in [-0.1, -0.05) is 29.8 Å². The van der Waals surface area contributed by atoms with Gasteiger partial charge in [-0.05, 0) is 36.8 Å². The van der Waals surface area contributed by atoms with Crippen LogP contribution in [-0.4, -0.2) is 30.9 Å². The molecule has 2 aromatic rings. The lowest BCUT2D eigenvalue weighted by Gasteiger charge is -2.29. The van der Waals surface area contributed by atoms with Gasteiger partial charge in [-0.25, -0.2) is 4.79 Å². The lowest BCUT2D eigenvalue weighted by Crippen LogP contribution is -2.48. The van der Waals surface area contributed by atoms with Crippen molar-refractivity contribution in [1.29, 1.82) is 0 Å². The predicted octanol–water partition coefficient (Wildman–Crippen LogP) is 2.76. The third-order valence-corrected chi connectivity index (χ3v) is 4.28. The van der Waals surface area contributed by atoms with E-state index in [9.17, 15) is 14.4 Å². The van der Waals surface area contributed by atoms with E-state index in [1.165, 1.54) is 4.90 Å². The molecule has 4 amide bonds. The number of nitrogens with zero attached hydrogens (tertiary/aromatic N) is 1. The summed E-state index contributed by atoms with van der Waals surface area (Å²) in [5, 5.41) is 8.43. The fraction of sp³-hybridized carbons (Fsp3) is 0.167. The van der Waals surface area contributed by atoms with Gasteiger partial charge in [0, 0.05) is 10.7 Å². The first-order valence-corrected chi connectivity index (χ1v) is 8.32. The Morgan fingerprint density at radius 1 is 1.23 bits per heavy atom. The highest BCUT2D eigenvalue weighted by Gasteiger charge is 2.26. The van der Waals surface area contributed by atoms with Crippen LogP contribution in [0.3, 0.4) is 0 Å². The SMILES string of the molecule is Cc1ccc(NC(=O)CNC(=O)N2CC(=O)Nc3ccccc32)cc1Cl. The zero-order valence-corrected chi connectivity index (χ0v) is 14.8. The summed E-state index contributed by atoms with van der Waals surface area (Å²) in [6.45, 7) is 1.52. The molecule has 1 aliphatic heterocycles. The molecule has 0 spiro atoms. The van der Waals surface area contributed by atoms with Gasteiger partial charge in [0.15, 0.2) is 0 Å². The number of hydrogen-bond donors (Lipinski definition) is 3.